The molecule has 0 aliphatic carbocycles. The van der Waals surface area contributed by atoms with Crippen LogP contribution in [0.15, 0.2) is 24.3 Å². The normalized spacial score (nSPS) is 15.5. The van der Waals surface area contributed by atoms with Gasteiger partial charge >= 0.3 is 6.09 Å². The molecule has 0 radical (unpaired) electrons. The molecular weight excluding hydrogens is 216 g/mol. The van der Waals surface area contributed by atoms with E-state index in [1.165, 1.54) is 16.2 Å². The van der Waals surface area contributed by atoms with Crippen molar-refractivity contribution in [3.8, 4) is 0 Å². The minimum atomic E-state index is -0.818. The van der Waals surface area contributed by atoms with E-state index in [9.17, 15) is 4.79 Å². The quantitative estimate of drug-likeness (QED) is 0.871. The van der Waals surface area contributed by atoms with Gasteiger partial charge in [-0.05, 0) is 31.5 Å². The van der Waals surface area contributed by atoms with E-state index in [1.807, 2.05) is 6.07 Å². The summed E-state index contributed by atoms with van der Waals surface area (Å²) < 4.78 is 0. The van der Waals surface area contributed by atoms with Crippen LogP contribution in [-0.4, -0.2) is 41.8 Å². The molecule has 0 atom stereocenters. The lowest BCUT2D eigenvalue weighted by Gasteiger charge is -2.44. The first-order valence-electron chi connectivity index (χ1n) is 5.93. The van der Waals surface area contributed by atoms with E-state index in [4.69, 9.17) is 5.11 Å². The average Bonchev–Trinajstić information content (AvgIpc) is 2.21. The molecular formula is C13H18N2O2. The van der Waals surface area contributed by atoms with Crippen molar-refractivity contribution in [2.75, 3.05) is 24.5 Å². The third-order valence-electron chi connectivity index (χ3n) is 3.25. The van der Waals surface area contributed by atoms with E-state index in [2.05, 4.69) is 36.9 Å². The van der Waals surface area contributed by atoms with Gasteiger partial charge in [-0.25, -0.2) is 4.79 Å². The predicted molar refractivity (Wildman–Crippen MR) is 67.6 cm³/mol. The van der Waals surface area contributed by atoms with Gasteiger partial charge in [0, 0.05) is 25.3 Å². The molecule has 2 rings (SSSR count). The van der Waals surface area contributed by atoms with Crippen molar-refractivity contribution in [1.29, 1.82) is 0 Å². The zero-order chi connectivity index (χ0) is 12.4. The van der Waals surface area contributed by atoms with Gasteiger partial charge in [0.15, 0.2) is 0 Å². The molecule has 4 nitrogen and oxygen atoms in total. The van der Waals surface area contributed by atoms with Gasteiger partial charge < -0.3 is 14.9 Å². The van der Waals surface area contributed by atoms with Crippen molar-refractivity contribution in [2.45, 2.75) is 19.9 Å². The number of carbonyl (C=O) groups is 1. The smallest absolute Gasteiger partial charge is 0.407 e. The van der Waals surface area contributed by atoms with E-state index >= 15 is 0 Å². The van der Waals surface area contributed by atoms with Crippen molar-refractivity contribution in [3.63, 3.8) is 0 Å². The molecule has 1 heterocycles. The van der Waals surface area contributed by atoms with Crippen LogP contribution >= 0.6 is 0 Å². The Balaban J connectivity index is 2.06. The van der Waals surface area contributed by atoms with Gasteiger partial charge in [-0.2, -0.15) is 0 Å². The average molecular weight is 234 g/mol. The number of likely N-dealkylation sites (tertiary alicyclic amines) is 1. The molecule has 1 aromatic carbocycles. The van der Waals surface area contributed by atoms with Crippen LogP contribution in [0, 0.1) is 6.92 Å². The highest BCUT2D eigenvalue weighted by molar-refractivity contribution is 5.67. The summed E-state index contributed by atoms with van der Waals surface area (Å²) >= 11 is 0. The molecule has 0 aromatic heterocycles. The van der Waals surface area contributed by atoms with Gasteiger partial charge in [0.25, 0.3) is 0 Å². The standard InChI is InChI=1S/C13H18N2O2/c1-3-15(11-6-4-5-10(2)7-11)12-8-14(9-12)13(16)17/h4-7,12H,3,8-9H2,1-2H3,(H,16,17). The molecule has 1 amide bonds. The summed E-state index contributed by atoms with van der Waals surface area (Å²) in [7, 11) is 0. The van der Waals surface area contributed by atoms with E-state index in [0.717, 1.165) is 6.54 Å². The van der Waals surface area contributed by atoms with Gasteiger partial charge in [-0.1, -0.05) is 12.1 Å². The molecule has 1 N–H and O–H groups in total. The Labute approximate surface area is 101 Å². The van der Waals surface area contributed by atoms with E-state index in [0.29, 0.717) is 19.1 Å². The minimum Gasteiger partial charge on any atom is -0.465 e. The number of hydrogen-bond donors (Lipinski definition) is 1. The highest BCUT2D eigenvalue weighted by Gasteiger charge is 2.34. The van der Waals surface area contributed by atoms with Gasteiger partial charge in [0.05, 0.1) is 6.04 Å². The van der Waals surface area contributed by atoms with Crippen LogP contribution in [0.3, 0.4) is 0 Å². The molecule has 0 saturated carbocycles. The molecule has 1 saturated heterocycles. The first-order chi connectivity index (χ1) is 8.11. The second-order valence-electron chi connectivity index (χ2n) is 4.47. The summed E-state index contributed by atoms with van der Waals surface area (Å²) in [6.07, 6.45) is -0.818. The van der Waals surface area contributed by atoms with Crippen LogP contribution in [0.25, 0.3) is 0 Å². The Morgan fingerprint density at radius 2 is 2.24 bits per heavy atom. The lowest BCUT2D eigenvalue weighted by atomic mass is 10.1. The van der Waals surface area contributed by atoms with Crippen molar-refractivity contribution >= 4 is 11.8 Å². The Morgan fingerprint density at radius 3 is 2.76 bits per heavy atom. The third kappa shape index (κ3) is 2.35. The Bertz CT molecular complexity index is 414. The number of anilines is 1. The van der Waals surface area contributed by atoms with Crippen LogP contribution in [0.5, 0.6) is 0 Å². The summed E-state index contributed by atoms with van der Waals surface area (Å²) in [5.74, 6) is 0. The minimum absolute atomic E-state index is 0.317. The summed E-state index contributed by atoms with van der Waals surface area (Å²) in [6, 6.07) is 8.66. The monoisotopic (exact) mass is 234 g/mol. The molecule has 0 unspecified atom stereocenters. The summed E-state index contributed by atoms with van der Waals surface area (Å²) in [5.41, 5.74) is 2.41. The highest BCUT2D eigenvalue weighted by Crippen LogP contribution is 2.23. The van der Waals surface area contributed by atoms with Crippen LogP contribution in [0.4, 0.5) is 10.5 Å². The first kappa shape index (κ1) is 11.8. The van der Waals surface area contributed by atoms with Crippen LogP contribution in [0.1, 0.15) is 12.5 Å². The molecule has 1 aromatic rings. The fraction of sp³-hybridized carbons (Fsp3) is 0.462. The zero-order valence-corrected chi connectivity index (χ0v) is 10.3. The van der Waals surface area contributed by atoms with E-state index in [-0.39, 0.29) is 0 Å². The number of nitrogens with zero attached hydrogens (tertiary/aromatic N) is 2. The second kappa shape index (κ2) is 4.65. The number of likely N-dealkylation sites (N-methyl/N-ethyl adjacent to an activating group) is 1. The first-order valence-corrected chi connectivity index (χ1v) is 5.93. The molecule has 0 spiro atoms. The fourth-order valence-electron chi connectivity index (χ4n) is 2.27. The lowest BCUT2D eigenvalue weighted by Crippen LogP contribution is -2.61. The number of aryl methyl sites for hydroxylation is 1. The molecule has 92 valence electrons. The lowest BCUT2D eigenvalue weighted by molar-refractivity contribution is 0.104. The number of hydrogen-bond acceptors (Lipinski definition) is 2. The maximum atomic E-state index is 10.7. The number of amides is 1. The summed E-state index contributed by atoms with van der Waals surface area (Å²) in [4.78, 5) is 14.5. The summed E-state index contributed by atoms with van der Waals surface area (Å²) in [5, 5.41) is 8.83. The van der Waals surface area contributed by atoms with Gasteiger partial charge in [-0.3, -0.25) is 0 Å². The zero-order valence-electron chi connectivity index (χ0n) is 10.3. The van der Waals surface area contributed by atoms with Gasteiger partial charge in [-0.15, -0.1) is 0 Å². The van der Waals surface area contributed by atoms with E-state index < -0.39 is 6.09 Å². The fourth-order valence-corrected chi connectivity index (χ4v) is 2.27. The van der Waals surface area contributed by atoms with E-state index in [1.54, 1.807) is 0 Å². The highest BCUT2D eigenvalue weighted by atomic mass is 16.4. The molecule has 4 heteroatoms. The van der Waals surface area contributed by atoms with Crippen molar-refractivity contribution in [1.82, 2.24) is 4.90 Å². The predicted octanol–water partition coefficient (Wildman–Crippen LogP) is 2.18. The second-order valence-corrected chi connectivity index (χ2v) is 4.47. The Kier molecular flexibility index (Phi) is 3.22. The summed E-state index contributed by atoms with van der Waals surface area (Å²) in [6.45, 7) is 6.29. The molecule has 1 fully saturated rings. The SMILES string of the molecule is CCN(c1cccc(C)c1)C1CN(C(=O)O)C1. The topological polar surface area (TPSA) is 43.8 Å². The van der Waals surface area contributed by atoms with Gasteiger partial charge in [0.1, 0.15) is 0 Å². The molecule has 1 aliphatic heterocycles. The Hall–Kier alpha value is -1.71. The maximum absolute atomic E-state index is 10.7. The van der Waals surface area contributed by atoms with Crippen molar-refractivity contribution < 1.29 is 9.90 Å². The third-order valence-corrected chi connectivity index (χ3v) is 3.25. The van der Waals surface area contributed by atoms with Crippen molar-refractivity contribution in [3.05, 3.63) is 29.8 Å². The number of rotatable bonds is 3. The number of carboxylic acid groups (broad SMARTS) is 1. The van der Waals surface area contributed by atoms with Crippen LogP contribution < -0.4 is 4.90 Å². The van der Waals surface area contributed by atoms with Crippen LogP contribution in [-0.2, 0) is 0 Å². The largest absolute Gasteiger partial charge is 0.465 e. The Morgan fingerprint density at radius 1 is 1.53 bits per heavy atom. The van der Waals surface area contributed by atoms with Crippen molar-refractivity contribution in [2.24, 2.45) is 0 Å². The van der Waals surface area contributed by atoms with Crippen LogP contribution in [0.2, 0.25) is 0 Å². The maximum Gasteiger partial charge on any atom is 0.407 e. The molecule has 0 bridgehead atoms. The number of benzene rings is 1. The molecule has 1 aliphatic rings. The molecule has 17 heavy (non-hydrogen) atoms. The van der Waals surface area contributed by atoms with Gasteiger partial charge in [0.2, 0.25) is 0 Å².